The molecule has 0 spiro atoms. The molecule has 0 aromatic carbocycles. The predicted octanol–water partition coefficient (Wildman–Crippen LogP) is 2.12. The van der Waals surface area contributed by atoms with Crippen LogP contribution < -0.4 is 0 Å². The van der Waals surface area contributed by atoms with Crippen molar-refractivity contribution in [2.45, 2.75) is 25.7 Å². The maximum absolute atomic E-state index is 2.42. The minimum Gasteiger partial charge on any atom is -0.0775 e. The van der Waals surface area contributed by atoms with E-state index in [9.17, 15) is 0 Å². The summed E-state index contributed by atoms with van der Waals surface area (Å²) in [6.07, 6.45) is 8.25. The van der Waals surface area contributed by atoms with Gasteiger partial charge in [-0.3, -0.25) is 0 Å². The zero-order chi connectivity index (χ0) is 4.69. The fourth-order valence-corrected chi connectivity index (χ4v) is 1.44. The predicted molar refractivity (Wildman–Crippen MR) is 30.0 cm³/mol. The molecule has 0 radical (unpaired) electrons. The monoisotopic (exact) mass is 94.1 g/mol. The van der Waals surface area contributed by atoms with E-state index in [1.54, 1.807) is 5.57 Å². The Morgan fingerprint density at radius 3 is 3.00 bits per heavy atom. The molecule has 38 valence electrons. The molecule has 0 N–H and O–H groups in total. The standard InChI is InChI=1S/C7H10/c1-2-4-7-5-6(7)3-1/h5-6H,1-4H2/t6-/m1/s1. The van der Waals surface area contributed by atoms with Crippen molar-refractivity contribution in [3.63, 3.8) is 0 Å². The van der Waals surface area contributed by atoms with Crippen molar-refractivity contribution in [3.05, 3.63) is 11.6 Å². The van der Waals surface area contributed by atoms with E-state index in [2.05, 4.69) is 6.08 Å². The third-order valence-corrected chi connectivity index (χ3v) is 2.01. The normalized spacial score (nSPS) is 36.6. The number of allylic oxidation sites excluding steroid dienone is 2. The van der Waals surface area contributed by atoms with Crippen LogP contribution in [0.1, 0.15) is 25.7 Å². The molecule has 2 rings (SSSR count). The summed E-state index contributed by atoms with van der Waals surface area (Å²) >= 11 is 0. The molecule has 0 heterocycles. The van der Waals surface area contributed by atoms with Crippen LogP contribution in [0.4, 0.5) is 0 Å². The molecule has 1 atom stereocenters. The molecule has 1 saturated carbocycles. The highest BCUT2D eigenvalue weighted by atomic mass is 14.3. The zero-order valence-electron chi connectivity index (χ0n) is 4.48. The van der Waals surface area contributed by atoms with Crippen LogP contribution >= 0.6 is 0 Å². The Kier molecular flexibility index (Phi) is 0.592. The largest absolute Gasteiger partial charge is 0.0775 e. The minimum absolute atomic E-state index is 0.994. The summed E-state index contributed by atoms with van der Waals surface area (Å²) in [6.45, 7) is 0. The average molecular weight is 94.2 g/mol. The molecule has 2 aliphatic carbocycles. The lowest BCUT2D eigenvalue weighted by atomic mass is 10.0. The zero-order valence-corrected chi connectivity index (χ0v) is 4.48. The van der Waals surface area contributed by atoms with Crippen LogP contribution in [-0.4, -0.2) is 0 Å². The minimum atomic E-state index is 0.994. The van der Waals surface area contributed by atoms with Gasteiger partial charge >= 0.3 is 0 Å². The Morgan fingerprint density at radius 2 is 2.43 bits per heavy atom. The van der Waals surface area contributed by atoms with Gasteiger partial charge in [-0.05, 0) is 25.2 Å². The summed E-state index contributed by atoms with van der Waals surface area (Å²) in [5.41, 5.74) is 1.76. The fraction of sp³-hybridized carbons (Fsp3) is 0.714. The van der Waals surface area contributed by atoms with Gasteiger partial charge < -0.3 is 0 Å². The van der Waals surface area contributed by atoms with Crippen LogP contribution in [0.2, 0.25) is 0 Å². The number of hydrogen-bond donors (Lipinski definition) is 0. The quantitative estimate of drug-likeness (QED) is 0.403. The molecule has 0 nitrogen and oxygen atoms in total. The van der Waals surface area contributed by atoms with Gasteiger partial charge in [-0.15, -0.1) is 0 Å². The van der Waals surface area contributed by atoms with E-state index >= 15 is 0 Å². The van der Waals surface area contributed by atoms with Crippen LogP contribution in [0.25, 0.3) is 0 Å². The smallest absolute Gasteiger partial charge is 0.00202 e. The van der Waals surface area contributed by atoms with Crippen molar-refractivity contribution in [1.82, 2.24) is 0 Å². The Bertz CT molecular complexity index is 111. The molecule has 0 heteroatoms. The van der Waals surface area contributed by atoms with Crippen molar-refractivity contribution in [1.29, 1.82) is 0 Å². The van der Waals surface area contributed by atoms with Crippen molar-refractivity contribution in [2.24, 2.45) is 5.92 Å². The fourth-order valence-electron chi connectivity index (χ4n) is 1.44. The Morgan fingerprint density at radius 1 is 1.43 bits per heavy atom. The second kappa shape index (κ2) is 1.12. The molecule has 0 unspecified atom stereocenters. The van der Waals surface area contributed by atoms with Crippen LogP contribution in [0.3, 0.4) is 0 Å². The third kappa shape index (κ3) is 0.495. The number of hydrogen-bond acceptors (Lipinski definition) is 0. The molecule has 0 amide bonds. The van der Waals surface area contributed by atoms with Gasteiger partial charge in [-0.25, -0.2) is 0 Å². The molecular weight excluding hydrogens is 84.1 g/mol. The highest BCUT2D eigenvalue weighted by Crippen LogP contribution is 2.41. The molecule has 0 aliphatic heterocycles. The lowest BCUT2D eigenvalue weighted by molar-refractivity contribution is 0.584. The highest BCUT2D eigenvalue weighted by Gasteiger charge is 2.26. The van der Waals surface area contributed by atoms with Crippen LogP contribution in [0, 0.1) is 5.92 Å². The van der Waals surface area contributed by atoms with E-state index in [-0.39, 0.29) is 0 Å². The van der Waals surface area contributed by atoms with E-state index < -0.39 is 0 Å². The first kappa shape index (κ1) is 3.71. The summed E-state index contributed by atoms with van der Waals surface area (Å²) in [5, 5.41) is 0. The van der Waals surface area contributed by atoms with Gasteiger partial charge in [0.2, 0.25) is 0 Å². The van der Waals surface area contributed by atoms with E-state index in [4.69, 9.17) is 0 Å². The lowest BCUT2D eigenvalue weighted by Crippen LogP contribution is -1.89. The van der Waals surface area contributed by atoms with Crippen LogP contribution in [-0.2, 0) is 0 Å². The molecule has 0 bridgehead atoms. The Labute approximate surface area is 44.2 Å². The molecule has 1 fully saturated rings. The first-order chi connectivity index (χ1) is 3.47. The summed E-state index contributed by atoms with van der Waals surface area (Å²) < 4.78 is 0. The molecule has 7 heavy (non-hydrogen) atoms. The first-order valence-corrected chi connectivity index (χ1v) is 3.17. The maximum Gasteiger partial charge on any atom is -0.00202 e. The van der Waals surface area contributed by atoms with Crippen LogP contribution in [0.5, 0.6) is 0 Å². The average Bonchev–Trinajstić information content (AvgIpc) is 2.41. The Balaban J connectivity index is 2.02. The topological polar surface area (TPSA) is 0 Å². The van der Waals surface area contributed by atoms with Crippen molar-refractivity contribution in [3.8, 4) is 0 Å². The van der Waals surface area contributed by atoms with E-state index in [0.717, 1.165) is 5.92 Å². The van der Waals surface area contributed by atoms with Gasteiger partial charge in [0.25, 0.3) is 0 Å². The first-order valence-electron chi connectivity index (χ1n) is 3.17. The van der Waals surface area contributed by atoms with Crippen LogP contribution in [0.15, 0.2) is 11.6 Å². The molecule has 2 aliphatic rings. The van der Waals surface area contributed by atoms with Gasteiger partial charge in [-0.2, -0.15) is 0 Å². The number of rotatable bonds is 0. The van der Waals surface area contributed by atoms with E-state index in [1.807, 2.05) is 0 Å². The van der Waals surface area contributed by atoms with Crippen molar-refractivity contribution >= 4 is 0 Å². The molecule has 0 aromatic heterocycles. The van der Waals surface area contributed by atoms with Crippen molar-refractivity contribution < 1.29 is 0 Å². The number of fused-ring (bicyclic) bond motifs is 1. The molecule has 0 aromatic rings. The maximum atomic E-state index is 2.42. The van der Waals surface area contributed by atoms with Gasteiger partial charge in [0.05, 0.1) is 0 Å². The van der Waals surface area contributed by atoms with E-state index in [0.29, 0.717) is 0 Å². The second-order valence-electron chi connectivity index (χ2n) is 2.59. The summed E-state index contributed by atoms with van der Waals surface area (Å²) in [7, 11) is 0. The summed E-state index contributed by atoms with van der Waals surface area (Å²) in [4.78, 5) is 0. The van der Waals surface area contributed by atoms with Gasteiger partial charge in [-0.1, -0.05) is 18.1 Å². The Hall–Kier alpha value is -0.260. The van der Waals surface area contributed by atoms with Crippen molar-refractivity contribution in [2.75, 3.05) is 0 Å². The van der Waals surface area contributed by atoms with E-state index in [1.165, 1.54) is 25.7 Å². The van der Waals surface area contributed by atoms with Gasteiger partial charge in [0.15, 0.2) is 0 Å². The summed E-state index contributed by atoms with van der Waals surface area (Å²) in [6, 6.07) is 0. The highest BCUT2D eigenvalue weighted by molar-refractivity contribution is 5.30. The van der Waals surface area contributed by atoms with Gasteiger partial charge in [0.1, 0.15) is 0 Å². The lowest BCUT2D eigenvalue weighted by Gasteiger charge is -2.05. The molecule has 0 saturated heterocycles. The molecular formula is C7H10. The van der Waals surface area contributed by atoms with Gasteiger partial charge in [0, 0.05) is 0 Å². The third-order valence-electron chi connectivity index (χ3n) is 2.01. The second-order valence-corrected chi connectivity index (χ2v) is 2.59. The SMILES string of the molecule is C1=C2CCCC[C@H]12. The summed E-state index contributed by atoms with van der Waals surface area (Å²) in [5.74, 6) is 0.994.